The minimum atomic E-state index is -0.616. The molecule has 0 aliphatic rings. The van der Waals surface area contributed by atoms with Gasteiger partial charge in [0, 0.05) is 10.6 Å². The number of amides is 2. The Labute approximate surface area is 105 Å². The highest BCUT2D eigenvalue weighted by molar-refractivity contribution is 6.31. The third-order valence-electron chi connectivity index (χ3n) is 2.59. The van der Waals surface area contributed by atoms with Gasteiger partial charge in [-0.15, -0.1) is 0 Å². The summed E-state index contributed by atoms with van der Waals surface area (Å²) >= 11 is 5.80. The number of rotatable bonds is 4. The molecule has 0 radical (unpaired) electrons. The second-order valence-corrected chi connectivity index (χ2v) is 4.66. The van der Waals surface area contributed by atoms with Crippen LogP contribution in [0.5, 0.6) is 0 Å². The molecule has 4 N–H and O–H groups in total. The van der Waals surface area contributed by atoms with E-state index >= 15 is 0 Å². The molecule has 5 heteroatoms. The summed E-state index contributed by atoms with van der Waals surface area (Å²) < 4.78 is 0. The van der Waals surface area contributed by atoms with Gasteiger partial charge in [0.2, 0.25) is 11.8 Å². The van der Waals surface area contributed by atoms with Crippen LogP contribution in [0.25, 0.3) is 0 Å². The summed E-state index contributed by atoms with van der Waals surface area (Å²) in [5.41, 5.74) is 11.4. The van der Waals surface area contributed by atoms with E-state index in [0.717, 1.165) is 0 Å². The fraction of sp³-hybridized carbons (Fsp3) is 0.333. The number of hydrogen-bond donors (Lipinski definition) is 2. The highest BCUT2D eigenvalue weighted by Gasteiger charge is 2.25. The maximum Gasteiger partial charge on any atom is 0.249 e. The number of benzene rings is 1. The van der Waals surface area contributed by atoms with Gasteiger partial charge in [0.05, 0.1) is 5.92 Å². The lowest BCUT2D eigenvalue weighted by Gasteiger charge is -2.20. The molecule has 0 saturated heterocycles. The highest BCUT2D eigenvalue weighted by atomic mass is 35.5. The van der Waals surface area contributed by atoms with Crippen LogP contribution in [0, 0.1) is 5.92 Å². The number of nitrogens with two attached hydrogens (primary N) is 2. The van der Waals surface area contributed by atoms with Crippen LogP contribution in [0.2, 0.25) is 5.02 Å². The Morgan fingerprint density at radius 1 is 1.24 bits per heavy atom. The zero-order chi connectivity index (χ0) is 13.2. The first-order chi connectivity index (χ1) is 7.84. The zero-order valence-corrected chi connectivity index (χ0v) is 10.5. The first kappa shape index (κ1) is 13.5. The summed E-state index contributed by atoms with van der Waals surface area (Å²) in [6.07, 6.45) is 0. The maximum atomic E-state index is 11.4. The van der Waals surface area contributed by atoms with Gasteiger partial charge in [-0.25, -0.2) is 0 Å². The summed E-state index contributed by atoms with van der Waals surface area (Å²) in [6, 6.07) is 4.69. The van der Waals surface area contributed by atoms with Crippen molar-refractivity contribution in [1.82, 2.24) is 0 Å². The van der Waals surface area contributed by atoms with Gasteiger partial charge in [0.25, 0.3) is 0 Å². The molecule has 0 fully saturated rings. The number of carbonyl (C=O) groups excluding carboxylic acids is 2. The van der Waals surface area contributed by atoms with E-state index in [1.807, 2.05) is 13.8 Å². The van der Waals surface area contributed by atoms with E-state index in [9.17, 15) is 9.59 Å². The summed E-state index contributed by atoms with van der Waals surface area (Å²) in [5, 5.41) is 0.398. The molecule has 1 aromatic carbocycles. The van der Waals surface area contributed by atoms with Gasteiger partial charge in [-0.2, -0.15) is 0 Å². The van der Waals surface area contributed by atoms with Gasteiger partial charge >= 0.3 is 0 Å². The molecule has 17 heavy (non-hydrogen) atoms. The topological polar surface area (TPSA) is 86.2 Å². The van der Waals surface area contributed by atoms with Crippen LogP contribution < -0.4 is 11.5 Å². The van der Waals surface area contributed by atoms with E-state index in [-0.39, 0.29) is 11.5 Å². The van der Waals surface area contributed by atoms with E-state index in [0.29, 0.717) is 10.6 Å². The molecule has 0 saturated carbocycles. The molecular formula is C12H15ClN2O2. The van der Waals surface area contributed by atoms with E-state index in [4.69, 9.17) is 23.1 Å². The Hall–Kier alpha value is -1.55. The first-order valence-electron chi connectivity index (χ1n) is 5.23. The molecule has 92 valence electrons. The van der Waals surface area contributed by atoms with Crippen molar-refractivity contribution in [2.75, 3.05) is 0 Å². The van der Waals surface area contributed by atoms with E-state index < -0.39 is 17.7 Å². The molecule has 1 atom stereocenters. The minimum absolute atomic E-state index is 0.0215. The Bertz CT molecular complexity index is 458. The van der Waals surface area contributed by atoms with Crippen LogP contribution in [-0.2, 0) is 4.79 Å². The van der Waals surface area contributed by atoms with Crippen molar-refractivity contribution in [3.05, 3.63) is 34.3 Å². The summed E-state index contributed by atoms with van der Waals surface area (Å²) in [7, 11) is 0. The first-order valence-corrected chi connectivity index (χ1v) is 5.61. The highest BCUT2D eigenvalue weighted by Crippen LogP contribution is 2.28. The summed E-state index contributed by atoms with van der Waals surface area (Å²) in [5.74, 6) is -1.67. The standard InChI is InChI=1S/C12H15ClN2O2/c1-6(2)10(12(15)17)8-4-3-7(13)5-9(8)11(14)16/h3-6,10H,1-2H3,(H2,14,16)(H2,15,17)/t10-/m0/s1. The Balaban J connectivity index is 3.37. The monoisotopic (exact) mass is 254 g/mol. The van der Waals surface area contributed by atoms with E-state index in [1.54, 1.807) is 12.1 Å². The molecule has 4 nitrogen and oxygen atoms in total. The van der Waals surface area contributed by atoms with Gasteiger partial charge in [0.15, 0.2) is 0 Å². The van der Waals surface area contributed by atoms with Gasteiger partial charge in [-0.05, 0) is 23.6 Å². The molecule has 0 unspecified atom stereocenters. The van der Waals surface area contributed by atoms with Gasteiger partial charge in [0.1, 0.15) is 0 Å². The van der Waals surface area contributed by atoms with Gasteiger partial charge < -0.3 is 11.5 Å². The second-order valence-electron chi connectivity index (χ2n) is 4.22. The van der Waals surface area contributed by atoms with Crippen molar-refractivity contribution in [2.24, 2.45) is 17.4 Å². The lowest BCUT2D eigenvalue weighted by molar-refractivity contribution is -0.120. The summed E-state index contributed by atoms with van der Waals surface area (Å²) in [4.78, 5) is 22.8. The third-order valence-corrected chi connectivity index (χ3v) is 2.82. The lowest BCUT2D eigenvalue weighted by atomic mass is 9.85. The Morgan fingerprint density at radius 3 is 2.24 bits per heavy atom. The van der Waals surface area contributed by atoms with Crippen LogP contribution >= 0.6 is 11.6 Å². The molecule has 0 bridgehead atoms. The molecule has 0 spiro atoms. The van der Waals surface area contributed by atoms with Crippen LogP contribution in [0.1, 0.15) is 35.7 Å². The third kappa shape index (κ3) is 2.97. The summed E-state index contributed by atoms with van der Waals surface area (Å²) in [6.45, 7) is 3.71. The van der Waals surface area contributed by atoms with E-state index in [2.05, 4.69) is 0 Å². The predicted molar refractivity (Wildman–Crippen MR) is 66.7 cm³/mol. The van der Waals surface area contributed by atoms with Crippen molar-refractivity contribution in [2.45, 2.75) is 19.8 Å². The van der Waals surface area contributed by atoms with E-state index in [1.165, 1.54) is 6.07 Å². The minimum Gasteiger partial charge on any atom is -0.369 e. The van der Waals surface area contributed by atoms with Gasteiger partial charge in [-0.1, -0.05) is 31.5 Å². The molecule has 1 aromatic rings. The Kier molecular flexibility index (Phi) is 4.12. The fourth-order valence-corrected chi connectivity index (χ4v) is 2.03. The van der Waals surface area contributed by atoms with Gasteiger partial charge in [-0.3, -0.25) is 9.59 Å². The molecule has 0 aliphatic carbocycles. The van der Waals surface area contributed by atoms with Crippen molar-refractivity contribution in [1.29, 1.82) is 0 Å². The normalized spacial score (nSPS) is 12.5. The molecule has 0 aliphatic heterocycles. The Morgan fingerprint density at radius 2 is 1.82 bits per heavy atom. The number of primary amides is 2. The zero-order valence-electron chi connectivity index (χ0n) is 9.74. The number of carbonyl (C=O) groups is 2. The maximum absolute atomic E-state index is 11.4. The smallest absolute Gasteiger partial charge is 0.249 e. The number of halogens is 1. The fourth-order valence-electron chi connectivity index (χ4n) is 1.85. The average molecular weight is 255 g/mol. The van der Waals surface area contributed by atoms with Crippen LogP contribution in [0.4, 0.5) is 0 Å². The second kappa shape index (κ2) is 5.19. The molecular weight excluding hydrogens is 240 g/mol. The van der Waals surface area contributed by atoms with Crippen molar-refractivity contribution >= 4 is 23.4 Å². The molecule has 1 rings (SSSR count). The molecule has 0 heterocycles. The SMILES string of the molecule is CC(C)[C@H](C(N)=O)c1ccc(Cl)cc1C(N)=O. The quantitative estimate of drug-likeness (QED) is 0.856. The predicted octanol–water partition coefficient (Wildman–Crippen LogP) is 1.66. The van der Waals surface area contributed by atoms with Crippen LogP contribution in [0.15, 0.2) is 18.2 Å². The lowest BCUT2D eigenvalue weighted by Crippen LogP contribution is -2.28. The van der Waals surface area contributed by atoms with Crippen molar-refractivity contribution in [3.8, 4) is 0 Å². The molecule has 0 aromatic heterocycles. The van der Waals surface area contributed by atoms with Crippen molar-refractivity contribution in [3.63, 3.8) is 0 Å². The molecule has 2 amide bonds. The average Bonchev–Trinajstić information content (AvgIpc) is 2.19. The van der Waals surface area contributed by atoms with Crippen LogP contribution in [0.3, 0.4) is 0 Å². The van der Waals surface area contributed by atoms with Crippen LogP contribution in [-0.4, -0.2) is 11.8 Å². The number of hydrogen-bond acceptors (Lipinski definition) is 2. The largest absolute Gasteiger partial charge is 0.369 e. The van der Waals surface area contributed by atoms with Crippen molar-refractivity contribution < 1.29 is 9.59 Å².